The number of nitrogens with one attached hydrogen (secondary N) is 1. The molecular weight excluding hydrogens is 260 g/mol. The maximum atomic E-state index is 11.1. The third kappa shape index (κ3) is 10.9. The average Bonchev–Trinajstić information content (AvgIpc) is 2.04. The summed E-state index contributed by atoms with van der Waals surface area (Å²) in [7, 11) is -3.91. The Morgan fingerprint density at radius 3 is 2.12 bits per heavy atom. The van der Waals surface area contributed by atoms with Gasteiger partial charge in [-0.2, -0.15) is 0 Å². The van der Waals surface area contributed by atoms with Gasteiger partial charge >= 0.3 is 29.6 Å². The molecule has 0 fully saturated rings. The van der Waals surface area contributed by atoms with E-state index in [-0.39, 0.29) is 52.6 Å². The van der Waals surface area contributed by atoms with Crippen molar-refractivity contribution in [3.63, 3.8) is 0 Å². The molecule has 0 radical (unpaired) electrons. The summed E-state index contributed by atoms with van der Waals surface area (Å²) >= 11 is 0. The van der Waals surface area contributed by atoms with Crippen molar-refractivity contribution in [2.45, 2.75) is 6.92 Å². The van der Waals surface area contributed by atoms with E-state index >= 15 is 0 Å². The van der Waals surface area contributed by atoms with E-state index in [2.05, 4.69) is 9.61 Å². The Bertz CT molecular complexity index is 312. The molecule has 9 heteroatoms. The molecule has 1 aromatic carbocycles. The second-order valence-electron chi connectivity index (χ2n) is 2.39. The number of rotatable bonds is 4. The number of para-hydroxylation sites is 1. The number of hydrogen-bond donors (Lipinski definition) is 1. The fraction of sp³-hybridized carbons (Fsp3) is 0.250. The molecule has 7 N–H and O–H groups in total. The van der Waals surface area contributed by atoms with Crippen LogP contribution in [0, 0.1) is 0 Å². The predicted molar refractivity (Wildman–Crippen MR) is 60.1 cm³/mol. The molecule has 7 nitrogen and oxygen atoms in total. The minimum absolute atomic E-state index is 0. The second kappa shape index (κ2) is 12.5. The standard InChI is InChI=1S/C8H12NO3P.Na.3H2O/c1-2-12-13(10,11)9-8-6-4-3-5-7-8;;;;/h3-7H,2H2,1H3,(H2,9,10,11);;3*1H2/q;+1;;;/p-1. The van der Waals surface area contributed by atoms with Crippen LogP contribution in [0.15, 0.2) is 30.3 Å². The molecule has 0 saturated carbocycles. The van der Waals surface area contributed by atoms with Crippen molar-refractivity contribution < 1.29 is 60.0 Å². The minimum atomic E-state index is -3.91. The van der Waals surface area contributed by atoms with Crippen LogP contribution in [-0.4, -0.2) is 23.0 Å². The van der Waals surface area contributed by atoms with Gasteiger partial charge in [0.25, 0.3) is 0 Å². The predicted octanol–water partition coefficient (Wildman–Crippen LogP) is -3.87. The van der Waals surface area contributed by atoms with Gasteiger partial charge in [0.15, 0.2) is 0 Å². The van der Waals surface area contributed by atoms with E-state index in [0.29, 0.717) is 5.69 Å². The molecule has 96 valence electrons. The van der Waals surface area contributed by atoms with Crippen molar-refractivity contribution in [2.24, 2.45) is 0 Å². The molecule has 1 atom stereocenters. The first kappa shape index (κ1) is 25.8. The second-order valence-corrected chi connectivity index (χ2v) is 3.87. The van der Waals surface area contributed by atoms with Gasteiger partial charge in [-0.3, -0.25) is 4.57 Å². The van der Waals surface area contributed by atoms with E-state index < -0.39 is 7.75 Å². The van der Waals surface area contributed by atoms with E-state index in [4.69, 9.17) is 0 Å². The van der Waals surface area contributed by atoms with Crippen LogP contribution in [0.25, 0.3) is 0 Å². The van der Waals surface area contributed by atoms with E-state index in [1.807, 2.05) is 6.07 Å². The van der Waals surface area contributed by atoms with Gasteiger partial charge in [0, 0.05) is 5.69 Å². The van der Waals surface area contributed by atoms with Gasteiger partial charge < -0.3 is 30.9 Å². The van der Waals surface area contributed by atoms with Crippen molar-refractivity contribution >= 4 is 13.4 Å². The Kier molecular flexibility index (Phi) is 19.0. The quantitative estimate of drug-likeness (QED) is 0.441. The summed E-state index contributed by atoms with van der Waals surface area (Å²) in [6.45, 7) is 1.76. The summed E-state index contributed by atoms with van der Waals surface area (Å²) in [6.07, 6.45) is 0. The van der Waals surface area contributed by atoms with Gasteiger partial charge in [0.05, 0.1) is 6.61 Å². The molecule has 0 aromatic heterocycles. The zero-order valence-corrected chi connectivity index (χ0v) is 12.7. The number of anilines is 1. The molecule has 0 aliphatic heterocycles. The van der Waals surface area contributed by atoms with E-state index in [0.717, 1.165) is 0 Å². The summed E-state index contributed by atoms with van der Waals surface area (Å²) in [5.41, 5.74) is 0.509. The van der Waals surface area contributed by atoms with Gasteiger partial charge in [-0.15, -0.1) is 0 Å². The SMILES string of the molecule is CCOP(=O)([O-])Nc1ccccc1.O.O.O.[Na+]. The fourth-order valence-electron chi connectivity index (χ4n) is 0.873. The Morgan fingerprint density at radius 1 is 1.24 bits per heavy atom. The molecule has 0 heterocycles. The Morgan fingerprint density at radius 2 is 1.71 bits per heavy atom. The summed E-state index contributed by atoms with van der Waals surface area (Å²) in [6, 6.07) is 8.61. The summed E-state index contributed by atoms with van der Waals surface area (Å²) in [5, 5.41) is 2.30. The van der Waals surface area contributed by atoms with Gasteiger partial charge in [-0.25, -0.2) is 0 Å². The average molecular weight is 277 g/mol. The Balaban J connectivity index is -0.000000211. The zero-order valence-electron chi connectivity index (χ0n) is 9.77. The van der Waals surface area contributed by atoms with Gasteiger partial charge in [0.1, 0.15) is 0 Å². The molecule has 1 unspecified atom stereocenters. The van der Waals surface area contributed by atoms with E-state index in [1.54, 1.807) is 31.2 Å². The van der Waals surface area contributed by atoms with Crippen LogP contribution in [0.5, 0.6) is 0 Å². The third-order valence-electron chi connectivity index (χ3n) is 1.34. The summed E-state index contributed by atoms with van der Waals surface area (Å²) < 4.78 is 15.6. The van der Waals surface area contributed by atoms with Crippen LogP contribution < -0.4 is 39.5 Å². The zero-order chi connectivity index (χ0) is 9.73. The topological polar surface area (TPSA) is 156 Å². The molecule has 0 spiro atoms. The van der Waals surface area contributed by atoms with E-state index in [9.17, 15) is 9.46 Å². The third-order valence-corrected chi connectivity index (χ3v) is 2.47. The first-order valence-corrected chi connectivity index (χ1v) is 5.47. The molecule has 0 aliphatic carbocycles. The molecule has 0 saturated heterocycles. The van der Waals surface area contributed by atoms with Crippen LogP contribution in [0.4, 0.5) is 5.69 Å². The number of benzene rings is 1. The molecule has 1 aromatic rings. The largest absolute Gasteiger partial charge is 1.00 e. The van der Waals surface area contributed by atoms with Crippen LogP contribution in [0.2, 0.25) is 0 Å². The van der Waals surface area contributed by atoms with Crippen molar-refractivity contribution in [3.8, 4) is 0 Å². The molecule has 0 bridgehead atoms. The maximum Gasteiger partial charge on any atom is 1.00 e. The van der Waals surface area contributed by atoms with Crippen molar-refractivity contribution in [1.29, 1.82) is 0 Å². The Hall–Kier alpha value is 0.0500. The smallest absolute Gasteiger partial charge is 0.762 e. The molecular formula is C8H17NNaO6P. The maximum absolute atomic E-state index is 11.1. The molecule has 0 amide bonds. The van der Waals surface area contributed by atoms with Gasteiger partial charge in [0.2, 0.25) is 7.75 Å². The summed E-state index contributed by atoms with van der Waals surface area (Å²) in [4.78, 5) is 11.1. The Labute approximate surface area is 122 Å². The fourth-order valence-corrected chi connectivity index (χ4v) is 1.74. The van der Waals surface area contributed by atoms with Crippen LogP contribution in [-0.2, 0) is 9.09 Å². The van der Waals surface area contributed by atoms with Crippen molar-refractivity contribution in [3.05, 3.63) is 30.3 Å². The normalized spacial score (nSPS) is 11.4. The van der Waals surface area contributed by atoms with Gasteiger partial charge in [-0.05, 0) is 19.1 Å². The molecule has 1 rings (SSSR count). The minimum Gasteiger partial charge on any atom is -0.762 e. The van der Waals surface area contributed by atoms with Crippen LogP contribution in [0.1, 0.15) is 6.92 Å². The molecule has 0 aliphatic rings. The van der Waals surface area contributed by atoms with E-state index in [1.165, 1.54) is 0 Å². The number of hydrogen-bond acceptors (Lipinski definition) is 3. The van der Waals surface area contributed by atoms with Gasteiger partial charge in [-0.1, -0.05) is 18.2 Å². The first-order chi connectivity index (χ1) is 6.14. The van der Waals surface area contributed by atoms with Crippen LogP contribution >= 0.6 is 7.75 Å². The summed E-state index contributed by atoms with van der Waals surface area (Å²) in [5.74, 6) is 0. The molecule has 17 heavy (non-hydrogen) atoms. The monoisotopic (exact) mass is 277 g/mol. The van der Waals surface area contributed by atoms with Crippen molar-refractivity contribution in [2.75, 3.05) is 11.7 Å². The van der Waals surface area contributed by atoms with Crippen molar-refractivity contribution in [1.82, 2.24) is 0 Å². The first-order valence-electron chi connectivity index (χ1n) is 3.93. The van der Waals surface area contributed by atoms with Crippen LogP contribution in [0.3, 0.4) is 0 Å².